The van der Waals surface area contributed by atoms with Crippen LogP contribution in [0.4, 0.5) is 0 Å². The van der Waals surface area contributed by atoms with Crippen LogP contribution >= 0.6 is 0 Å². The highest BCUT2D eigenvalue weighted by atomic mass is 16.7. The van der Waals surface area contributed by atoms with Gasteiger partial charge in [-0.15, -0.1) is 0 Å². The molecule has 12 nitrogen and oxygen atoms in total. The number of phenolic OH excluding ortho intramolecular Hbond substituents is 1. The zero-order chi connectivity index (χ0) is 36.6. The lowest BCUT2D eigenvalue weighted by Gasteiger charge is -2.39. The van der Waals surface area contributed by atoms with Crippen molar-refractivity contribution in [3.63, 3.8) is 0 Å². The Kier molecular flexibility index (Phi) is 10.2. The third kappa shape index (κ3) is 6.80. The number of ether oxygens (including phenoxy) is 3. The van der Waals surface area contributed by atoms with E-state index in [1.807, 2.05) is 6.07 Å². The van der Waals surface area contributed by atoms with Crippen LogP contribution < -0.4 is 9.47 Å². The van der Waals surface area contributed by atoms with Crippen molar-refractivity contribution in [3.05, 3.63) is 122 Å². The Balaban J connectivity index is 1.56. The van der Waals surface area contributed by atoms with Gasteiger partial charge in [-0.3, -0.25) is 14.4 Å². The summed E-state index contributed by atoms with van der Waals surface area (Å²) in [7, 11) is 0. The predicted octanol–water partition coefficient (Wildman–Crippen LogP) is 3.05. The highest BCUT2D eigenvalue weighted by Gasteiger charge is 2.44. The molecule has 1 saturated heterocycles. The summed E-state index contributed by atoms with van der Waals surface area (Å²) >= 11 is 0. The van der Waals surface area contributed by atoms with Crippen LogP contribution in [0.5, 0.6) is 17.2 Å². The van der Waals surface area contributed by atoms with Crippen molar-refractivity contribution < 1.29 is 59.2 Å². The molecule has 0 amide bonds. The maximum Gasteiger partial charge on any atom is 0.308 e. The molecule has 5 unspecified atom stereocenters. The molecular formula is C39H36O12. The first-order valence-corrected chi connectivity index (χ1v) is 16.2. The molecule has 1 fully saturated rings. The van der Waals surface area contributed by atoms with Gasteiger partial charge >= 0.3 is 5.97 Å². The number of phenols is 1. The summed E-state index contributed by atoms with van der Waals surface area (Å²) in [6, 6.07) is 18.3. The molecular weight excluding hydrogens is 660 g/mol. The minimum atomic E-state index is -1.74. The van der Waals surface area contributed by atoms with Gasteiger partial charge in [-0.1, -0.05) is 60.7 Å². The van der Waals surface area contributed by atoms with E-state index in [4.69, 9.17) is 14.2 Å². The number of carbonyl (C=O) groups is 3. The van der Waals surface area contributed by atoms with Crippen molar-refractivity contribution in [2.75, 3.05) is 0 Å². The molecule has 12 heteroatoms. The number of benzene rings is 4. The largest absolute Gasteiger partial charge is 0.507 e. The van der Waals surface area contributed by atoms with Gasteiger partial charge in [-0.2, -0.15) is 0 Å². The molecule has 6 N–H and O–H groups in total. The SMILES string of the molecule is CC(=O)Oc1cc(CO)c2c(c1C=Cc1ccccc1)C(=O)c1cc(OC3OC(C)C(O)C(O)C3O)c(Cc3cccc(CO)c3)c(O)c1C2=O. The molecule has 0 aromatic heterocycles. The number of aliphatic hydroxyl groups excluding tert-OH is 5. The molecule has 0 radical (unpaired) electrons. The third-order valence-corrected chi connectivity index (χ3v) is 8.97. The molecule has 4 aromatic rings. The summed E-state index contributed by atoms with van der Waals surface area (Å²) in [6.45, 7) is 1.66. The lowest BCUT2D eigenvalue weighted by atomic mass is 9.77. The quantitative estimate of drug-likeness (QED) is 0.0749. The zero-order valence-electron chi connectivity index (χ0n) is 27.6. The molecule has 4 aromatic carbocycles. The normalized spacial score (nSPS) is 21.4. The number of aliphatic hydroxyl groups is 5. The van der Waals surface area contributed by atoms with Gasteiger partial charge in [0.2, 0.25) is 6.29 Å². The first-order valence-electron chi connectivity index (χ1n) is 16.2. The second-order valence-electron chi connectivity index (χ2n) is 12.4. The van der Waals surface area contributed by atoms with E-state index in [0.717, 1.165) is 5.56 Å². The van der Waals surface area contributed by atoms with E-state index in [1.54, 1.807) is 54.6 Å². The van der Waals surface area contributed by atoms with Gasteiger partial charge in [-0.05, 0) is 47.4 Å². The zero-order valence-corrected chi connectivity index (χ0v) is 27.6. The molecule has 1 aliphatic carbocycles. The van der Waals surface area contributed by atoms with Crippen molar-refractivity contribution >= 4 is 29.7 Å². The van der Waals surface area contributed by atoms with Gasteiger partial charge in [0, 0.05) is 41.2 Å². The first-order chi connectivity index (χ1) is 24.4. The number of ketones is 2. The topological polar surface area (TPSA) is 200 Å². The summed E-state index contributed by atoms with van der Waals surface area (Å²) in [5.41, 5.74) is 0.942. The van der Waals surface area contributed by atoms with Gasteiger partial charge in [0.25, 0.3) is 0 Å². The lowest BCUT2D eigenvalue weighted by Crippen LogP contribution is -2.58. The van der Waals surface area contributed by atoms with Crippen molar-refractivity contribution in [3.8, 4) is 17.2 Å². The minimum Gasteiger partial charge on any atom is -0.507 e. The monoisotopic (exact) mass is 696 g/mol. The number of aromatic hydroxyl groups is 1. The Labute approximate surface area is 292 Å². The van der Waals surface area contributed by atoms with Gasteiger partial charge in [0.15, 0.2) is 11.6 Å². The van der Waals surface area contributed by atoms with Crippen LogP contribution in [0.25, 0.3) is 12.2 Å². The maximum atomic E-state index is 14.6. The highest BCUT2D eigenvalue weighted by molar-refractivity contribution is 6.31. The van der Waals surface area contributed by atoms with E-state index in [-0.39, 0.29) is 63.5 Å². The maximum absolute atomic E-state index is 14.6. The van der Waals surface area contributed by atoms with E-state index in [9.17, 15) is 45.0 Å². The van der Waals surface area contributed by atoms with E-state index in [2.05, 4.69) is 0 Å². The van der Waals surface area contributed by atoms with Crippen LogP contribution in [0.2, 0.25) is 0 Å². The fourth-order valence-corrected chi connectivity index (χ4v) is 6.40. The fraction of sp³-hybridized carbons (Fsp3) is 0.256. The molecule has 5 atom stereocenters. The average Bonchev–Trinajstić information content (AvgIpc) is 3.12. The number of hydrogen-bond acceptors (Lipinski definition) is 12. The molecule has 6 rings (SSSR count). The van der Waals surface area contributed by atoms with Gasteiger partial charge < -0.3 is 44.8 Å². The summed E-state index contributed by atoms with van der Waals surface area (Å²) in [5, 5.41) is 63.4. The average molecular weight is 697 g/mol. The van der Waals surface area contributed by atoms with Crippen molar-refractivity contribution in [2.45, 2.75) is 64.2 Å². The molecule has 2 aliphatic rings. The Hall–Kier alpha value is -5.21. The summed E-state index contributed by atoms with van der Waals surface area (Å²) in [4.78, 5) is 41.2. The van der Waals surface area contributed by atoms with Crippen LogP contribution in [-0.2, 0) is 29.2 Å². The molecule has 0 saturated carbocycles. The number of esters is 1. The Morgan fingerprint density at radius 1 is 0.804 bits per heavy atom. The molecule has 1 aliphatic heterocycles. The van der Waals surface area contributed by atoms with Crippen LogP contribution in [0, 0.1) is 0 Å². The predicted molar refractivity (Wildman–Crippen MR) is 182 cm³/mol. The minimum absolute atomic E-state index is 0.0145. The van der Waals surface area contributed by atoms with Crippen molar-refractivity contribution in [1.29, 1.82) is 0 Å². The number of hydrogen-bond donors (Lipinski definition) is 6. The summed E-state index contributed by atoms with van der Waals surface area (Å²) in [5.74, 6) is -3.14. The Morgan fingerprint density at radius 2 is 1.53 bits per heavy atom. The number of fused-ring (bicyclic) bond motifs is 2. The molecule has 1 heterocycles. The van der Waals surface area contributed by atoms with Gasteiger partial charge in [-0.25, -0.2) is 0 Å². The lowest BCUT2D eigenvalue weighted by molar-refractivity contribution is -0.268. The van der Waals surface area contributed by atoms with Crippen LogP contribution in [0.1, 0.15) is 79.1 Å². The molecule has 51 heavy (non-hydrogen) atoms. The highest BCUT2D eigenvalue weighted by Crippen LogP contribution is 2.45. The van der Waals surface area contributed by atoms with Crippen molar-refractivity contribution in [1.82, 2.24) is 0 Å². The van der Waals surface area contributed by atoms with E-state index in [1.165, 1.54) is 32.1 Å². The number of carbonyl (C=O) groups excluding carboxylic acids is 3. The Morgan fingerprint density at radius 3 is 2.22 bits per heavy atom. The second-order valence-corrected chi connectivity index (χ2v) is 12.4. The van der Waals surface area contributed by atoms with Gasteiger partial charge in [0.1, 0.15) is 35.6 Å². The Bertz CT molecular complexity index is 2040. The van der Waals surface area contributed by atoms with Gasteiger partial charge in [0.05, 0.1) is 24.9 Å². The fourth-order valence-electron chi connectivity index (χ4n) is 6.40. The third-order valence-electron chi connectivity index (χ3n) is 8.97. The van der Waals surface area contributed by atoms with E-state index in [0.29, 0.717) is 11.1 Å². The standard InChI is InChI=1S/C39H36O12/c1-19-33(43)37(47)38(48)39(49-19)51-29-16-27-32(34(44)26(29)14-22-9-6-10-23(13-22)17-40)36(46)30-24(18-41)15-28(50-20(2)42)25(31(30)35(27)45)12-11-21-7-4-3-5-8-21/h3-13,15-16,19,33,37-41,43-44,47-48H,14,17-18H2,1-2H3. The second kappa shape index (κ2) is 14.6. The summed E-state index contributed by atoms with van der Waals surface area (Å²) in [6.07, 6.45) is -4.27. The smallest absolute Gasteiger partial charge is 0.308 e. The van der Waals surface area contributed by atoms with Crippen molar-refractivity contribution in [2.24, 2.45) is 0 Å². The molecule has 0 spiro atoms. The van der Waals surface area contributed by atoms with E-state index < -0.39 is 60.6 Å². The summed E-state index contributed by atoms with van der Waals surface area (Å²) < 4.78 is 17.2. The number of rotatable bonds is 9. The van der Waals surface area contributed by atoms with Crippen LogP contribution in [-0.4, -0.2) is 78.9 Å². The molecule has 264 valence electrons. The van der Waals surface area contributed by atoms with Crippen LogP contribution in [0.15, 0.2) is 66.7 Å². The first kappa shape index (κ1) is 35.6. The van der Waals surface area contributed by atoms with Crippen LogP contribution in [0.3, 0.4) is 0 Å². The van der Waals surface area contributed by atoms with E-state index >= 15 is 0 Å². The molecule has 0 bridgehead atoms.